The highest BCUT2D eigenvalue weighted by molar-refractivity contribution is 9.10. The third kappa shape index (κ3) is 3.62. The number of rotatable bonds is 5. The van der Waals surface area contributed by atoms with Gasteiger partial charge in [0.05, 0.1) is 17.1 Å². The van der Waals surface area contributed by atoms with Crippen molar-refractivity contribution in [2.24, 2.45) is 0 Å². The molecule has 6 heteroatoms. The third-order valence-electron chi connectivity index (χ3n) is 3.13. The lowest BCUT2D eigenvalue weighted by molar-refractivity contribution is 0.593. The average molecular weight is 445 g/mol. The molecule has 0 radical (unpaired) electrons. The molecular formula is C16H15Br2NO2S. The molecule has 2 aromatic carbocycles. The fourth-order valence-electron chi connectivity index (χ4n) is 1.98. The Morgan fingerprint density at radius 3 is 2.32 bits per heavy atom. The molecule has 2 aromatic rings. The van der Waals surface area contributed by atoms with Crippen LogP contribution in [0.4, 0.5) is 5.69 Å². The molecule has 2 rings (SSSR count). The van der Waals surface area contributed by atoms with E-state index in [0.717, 1.165) is 14.5 Å². The molecule has 0 aromatic heterocycles. The number of anilines is 1. The minimum atomic E-state index is -3.64. The zero-order valence-corrected chi connectivity index (χ0v) is 15.9. The van der Waals surface area contributed by atoms with Gasteiger partial charge in [0.25, 0.3) is 10.0 Å². The SMILES string of the molecule is C=CCN(c1ccc(Br)c(C)c1)S(=O)(=O)c1ccc(Br)cc1. The van der Waals surface area contributed by atoms with Gasteiger partial charge in [-0.25, -0.2) is 8.42 Å². The standard InChI is InChI=1S/C16H15Br2NO2S/c1-3-10-19(14-6-9-16(18)12(2)11-14)22(20,21)15-7-4-13(17)5-8-15/h3-9,11H,1,10H2,2H3. The van der Waals surface area contributed by atoms with E-state index in [9.17, 15) is 8.42 Å². The number of aryl methyl sites for hydroxylation is 1. The van der Waals surface area contributed by atoms with E-state index in [-0.39, 0.29) is 11.4 Å². The van der Waals surface area contributed by atoms with Gasteiger partial charge in [-0.15, -0.1) is 6.58 Å². The van der Waals surface area contributed by atoms with Gasteiger partial charge in [0.1, 0.15) is 0 Å². The molecular weight excluding hydrogens is 430 g/mol. The summed E-state index contributed by atoms with van der Waals surface area (Å²) >= 11 is 6.74. The van der Waals surface area contributed by atoms with Gasteiger partial charge in [-0.3, -0.25) is 4.31 Å². The lowest BCUT2D eigenvalue weighted by Gasteiger charge is -2.23. The van der Waals surface area contributed by atoms with Gasteiger partial charge in [-0.2, -0.15) is 0 Å². The molecule has 22 heavy (non-hydrogen) atoms. The maximum absolute atomic E-state index is 12.9. The summed E-state index contributed by atoms with van der Waals surface area (Å²) in [4.78, 5) is 0.248. The predicted octanol–water partition coefficient (Wildman–Crippen LogP) is 4.90. The van der Waals surface area contributed by atoms with Crippen molar-refractivity contribution >= 4 is 47.6 Å². The highest BCUT2D eigenvalue weighted by Gasteiger charge is 2.24. The molecule has 0 unspecified atom stereocenters. The minimum Gasteiger partial charge on any atom is -0.263 e. The number of hydrogen-bond acceptors (Lipinski definition) is 2. The second kappa shape index (κ2) is 6.98. The zero-order valence-electron chi connectivity index (χ0n) is 12.0. The summed E-state index contributed by atoms with van der Waals surface area (Å²) in [6.07, 6.45) is 1.58. The molecule has 116 valence electrons. The van der Waals surface area contributed by atoms with Gasteiger partial charge in [-0.1, -0.05) is 37.9 Å². The lowest BCUT2D eigenvalue weighted by Crippen LogP contribution is -2.31. The highest BCUT2D eigenvalue weighted by atomic mass is 79.9. The van der Waals surface area contributed by atoms with E-state index in [0.29, 0.717) is 5.69 Å². The van der Waals surface area contributed by atoms with Gasteiger partial charge in [0.15, 0.2) is 0 Å². The molecule has 0 fully saturated rings. The highest BCUT2D eigenvalue weighted by Crippen LogP contribution is 2.28. The van der Waals surface area contributed by atoms with Gasteiger partial charge < -0.3 is 0 Å². The van der Waals surface area contributed by atoms with E-state index in [1.165, 1.54) is 4.31 Å². The van der Waals surface area contributed by atoms with Crippen molar-refractivity contribution in [3.63, 3.8) is 0 Å². The van der Waals surface area contributed by atoms with E-state index in [2.05, 4.69) is 38.4 Å². The molecule has 0 saturated heterocycles. The molecule has 0 N–H and O–H groups in total. The average Bonchev–Trinajstić information content (AvgIpc) is 2.48. The maximum Gasteiger partial charge on any atom is 0.264 e. The lowest BCUT2D eigenvalue weighted by atomic mass is 10.2. The molecule has 0 spiro atoms. The summed E-state index contributed by atoms with van der Waals surface area (Å²) in [7, 11) is -3.64. The molecule has 0 saturated carbocycles. The Morgan fingerprint density at radius 2 is 1.77 bits per heavy atom. The first-order chi connectivity index (χ1) is 10.4. The Balaban J connectivity index is 2.52. The van der Waals surface area contributed by atoms with Crippen molar-refractivity contribution < 1.29 is 8.42 Å². The first kappa shape index (κ1) is 17.2. The number of sulfonamides is 1. The number of halogens is 2. The van der Waals surface area contributed by atoms with E-state index >= 15 is 0 Å². The van der Waals surface area contributed by atoms with E-state index in [4.69, 9.17) is 0 Å². The molecule has 0 bridgehead atoms. The Labute approximate surface area is 148 Å². The van der Waals surface area contributed by atoms with Crippen LogP contribution < -0.4 is 4.31 Å². The quantitative estimate of drug-likeness (QED) is 0.615. The van der Waals surface area contributed by atoms with Crippen molar-refractivity contribution in [3.8, 4) is 0 Å². The van der Waals surface area contributed by atoms with Crippen LogP contribution in [0.5, 0.6) is 0 Å². The summed E-state index contributed by atoms with van der Waals surface area (Å²) in [5.74, 6) is 0. The summed E-state index contributed by atoms with van der Waals surface area (Å²) in [5, 5.41) is 0. The number of hydrogen-bond donors (Lipinski definition) is 0. The van der Waals surface area contributed by atoms with Gasteiger partial charge in [0.2, 0.25) is 0 Å². The first-order valence-corrected chi connectivity index (χ1v) is 9.54. The Kier molecular flexibility index (Phi) is 5.47. The topological polar surface area (TPSA) is 37.4 Å². The Hall–Kier alpha value is -1.11. The monoisotopic (exact) mass is 443 g/mol. The smallest absolute Gasteiger partial charge is 0.263 e. The Morgan fingerprint density at radius 1 is 1.14 bits per heavy atom. The number of benzene rings is 2. The first-order valence-electron chi connectivity index (χ1n) is 6.51. The van der Waals surface area contributed by atoms with Crippen LogP contribution in [0.3, 0.4) is 0 Å². The molecule has 0 atom stereocenters. The summed E-state index contributed by atoms with van der Waals surface area (Å²) in [6.45, 7) is 5.79. The molecule has 0 aliphatic heterocycles. The molecule has 0 heterocycles. The fourth-order valence-corrected chi connectivity index (χ4v) is 3.92. The van der Waals surface area contributed by atoms with Crippen LogP contribution in [0, 0.1) is 6.92 Å². The fraction of sp³-hybridized carbons (Fsp3) is 0.125. The summed E-state index contributed by atoms with van der Waals surface area (Å²) in [5.41, 5.74) is 1.58. The van der Waals surface area contributed by atoms with Crippen molar-refractivity contribution in [1.82, 2.24) is 0 Å². The molecule has 0 amide bonds. The summed E-state index contributed by atoms with van der Waals surface area (Å²) < 4.78 is 28.9. The van der Waals surface area contributed by atoms with Crippen molar-refractivity contribution in [3.05, 3.63) is 69.6 Å². The van der Waals surface area contributed by atoms with Crippen molar-refractivity contribution in [2.75, 3.05) is 10.8 Å². The van der Waals surface area contributed by atoms with Crippen LogP contribution in [0.15, 0.2) is 69.0 Å². The van der Waals surface area contributed by atoms with Gasteiger partial charge >= 0.3 is 0 Å². The minimum absolute atomic E-state index is 0.208. The van der Waals surface area contributed by atoms with Crippen molar-refractivity contribution in [2.45, 2.75) is 11.8 Å². The van der Waals surface area contributed by atoms with Crippen LogP contribution in [-0.2, 0) is 10.0 Å². The van der Waals surface area contributed by atoms with Crippen LogP contribution >= 0.6 is 31.9 Å². The van der Waals surface area contributed by atoms with Crippen LogP contribution in [0.2, 0.25) is 0 Å². The maximum atomic E-state index is 12.9. The molecule has 3 nitrogen and oxygen atoms in total. The second-order valence-corrected chi connectivity index (χ2v) is 8.34. The van der Waals surface area contributed by atoms with Crippen molar-refractivity contribution in [1.29, 1.82) is 0 Å². The number of nitrogens with zero attached hydrogens (tertiary/aromatic N) is 1. The summed E-state index contributed by atoms with van der Waals surface area (Å²) in [6, 6.07) is 12.1. The molecule has 0 aliphatic carbocycles. The Bertz CT molecular complexity index is 786. The van der Waals surface area contributed by atoms with Crippen LogP contribution in [0.1, 0.15) is 5.56 Å². The predicted molar refractivity (Wildman–Crippen MR) is 97.7 cm³/mol. The largest absolute Gasteiger partial charge is 0.264 e. The zero-order chi connectivity index (χ0) is 16.3. The normalized spacial score (nSPS) is 11.2. The third-order valence-corrected chi connectivity index (χ3v) is 6.35. The van der Waals surface area contributed by atoms with Crippen LogP contribution in [0.25, 0.3) is 0 Å². The van der Waals surface area contributed by atoms with E-state index < -0.39 is 10.0 Å². The van der Waals surface area contributed by atoms with Gasteiger partial charge in [-0.05, 0) is 55.0 Å². The van der Waals surface area contributed by atoms with Crippen LogP contribution in [-0.4, -0.2) is 15.0 Å². The van der Waals surface area contributed by atoms with E-state index in [1.54, 1.807) is 36.4 Å². The van der Waals surface area contributed by atoms with Gasteiger partial charge in [0, 0.05) is 8.95 Å². The molecule has 0 aliphatic rings. The second-order valence-electron chi connectivity index (χ2n) is 4.71. The van der Waals surface area contributed by atoms with E-state index in [1.807, 2.05) is 19.1 Å².